The van der Waals surface area contributed by atoms with Gasteiger partial charge >= 0.3 is 0 Å². The Morgan fingerprint density at radius 2 is 2.18 bits per heavy atom. The van der Waals surface area contributed by atoms with Crippen LogP contribution in [-0.4, -0.2) is 23.1 Å². The van der Waals surface area contributed by atoms with Gasteiger partial charge in [-0.3, -0.25) is 9.59 Å². The number of carbonyl (C=O) groups excluding carboxylic acids is 2. The smallest absolute Gasteiger partial charge is 0.260 e. The highest BCUT2D eigenvalue weighted by molar-refractivity contribution is 9.10. The molecule has 0 aliphatic carbocycles. The van der Waals surface area contributed by atoms with Gasteiger partial charge in [0, 0.05) is 23.6 Å². The van der Waals surface area contributed by atoms with E-state index in [1.807, 2.05) is 0 Å². The summed E-state index contributed by atoms with van der Waals surface area (Å²) in [5.74, 6) is -0.168. The minimum Gasteiger partial charge on any atom is -0.314 e. The predicted octanol–water partition coefficient (Wildman–Crippen LogP) is 3.03. The molecule has 1 aliphatic rings. The van der Waals surface area contributed by atoms with Gasteiger partial charge < -0.3 is 4.90 Å². The molecule has 1 heterocycles. The maximum absolute atomic E-state index is 12.2. The van der Waals surface area contributed by atoms with Crippen LogP contribution in [0.25, 0.3) is 0 Å². The van der Waals surface area contributed by atoms with Gasteiger partial charge in [-0.15, -0.1) is 0 Å². The number of carbonyl (C=O) groups is 2. The summed E-state index contributed by atoms with van der Waals surface area (Å²) < 4.78 is 0.653. The minimum atomic E-state index is -0.203. The number of allylic oxidation sites excluding steroid dienone is 1. The third kappa shape index (κ3) is 2.58. The van der Waals surface area contributed by atoms with E-state index in [-0.39, 0.29) is 11.7 Å². The first-order valence-corrected chi connectivity index (χ1v) is 6.22. The largest absolute Gasteiger partial charge is 0.314 e. The van der Waals surface area contributed by atoms with Gasteiger partial charge in [0.1, 0.15) is 0 Å². The van der Waals surface area contributed by atoms with E-state index in [2.05, 4.69) is 15.9 Å². The molecule has 0 unspecified atom stereocenters. The molecule has 0 spiro atoms. The Bertz CT molecular complexity index is 493. The number of nitrogens with zero attached hydrogens (tertiary/aromatic N) is 1. The van der Waals surface area contributed by atoms with Crippen molar-refractivity contribution in [2.24, 2.45) is 0 Å². The highest BCUT2D eigenvalue weighted by Gasteiger charge is 2.21. The van der Waals surface area contributed by atoms with Crippen molar-refractivity contribution in [3.05, 3.63) is 45.5 Å². The van der Waals surface area contributed by atoms with Crippen molar-refractivity contribution < 1.29 is 9.59 Å². The van der Waals surface area contributed by atoms with Gasteiger partial charge in [0.15, 0.2) is 5.78 Å². The average molecular weight is 315 g/mol. The third-order valence-electron chi connectivity index (χ3n) is 2.48. The van der Waals surface area contributed by atoms with Crippen molar-refractivity contribution >= 4 is 39.2 Å². The van der Waals surface area contributed by atoms with Crippen LogP contribution >= 0.6 is 27.5 Å². The van der Waals surface area contributed by atoms with Gasteiger partial charge in [0.05, 0.1) is 10.6 Å². The van der Waals surface area contributed by atoms with Gasteiger partial charge in [-0.2, -0.15) is 0 Å². The number of hydrogen-bond acceptors (Lipinski definition) is 2. The zero-order chi connectivity index (χ0) is 12.4. The SMILES string of the molecule is O=C1C=CN(C(=O)c2c(Cl)cccc2Br)CC1. The molecule has 5 heteroatoms. The lowest BCUT2D eigenvalue weighted by Gasteiger charge is -2.21. The third-order valence-corrected chi connectivity index (χ3v) is 3.45. The molecular weight excluding hydrogens is 305 g/mol. The lowest BCUT2D eigenvalue weighted by Crippen LogP contribution is -2.31. The van der Waals surface area contributed by atoms with E-state index < -0.39 is 0 Å². The van der Waals surface area contributed by atoms with E-state index in [1.54, 1.807) is 18.2 Å². The molecular formula is C12H9BrClNO2. The minimum absolute atomic E-state index is 0.0345. The second kappa shape index (κ2) is 5.02. The second-order valence-electron chi connectivity index (χ2n) is 3.63. The zero-order valence-electron chi connectivity index (χ0n) is 8.82. The summed E-state index contributed by atoms with van der Waals surface area (Å²) >= 11 is 9.31. The molecule has 1 aliphatic heterocycles. The molecule has 0 radical (unpaired) electrons. The van der Waals surface area contributed by atoms with Crippen molar-refractivity contribution in [1.82, 2.24) is 4.90 Å². The monoisotopic (exact) mass is 313 g/mol. The van der Waals surface area contributed by atoms with Gasteiger partial charge in [-0.05, 0) is 34.1 Å². The molecule has 2 rings (SSSR count). The zero-order valence-corrected chi connectivity index (χ0v) is 11.2. The molecule has 0 bridgehead atoms. The Kier molecular flexibility index (Phi) is 3.64. The van der Waals surface area contributed by atoms with Gasteiger partial charge in [0.2, 0.25) is 0 Å². The fourth-order valence-corrected chi connectivity index (χ4v) is 2.48. The quantitative estimate of drug-likeness (QED) is 0.799. The van der Waals surface area contributed by atoms with Crippen LogP contribution in [0, 0.1) is 0 Å². The molecule has 0 fully saturated rings. The summed E-state index contributed by atoms with van der Waals surface area (Å²) in [6.45, 7) is 0.395. The molecule has 17 heavy (non-hydrogen) atoms. The van der Waals surface area contributed by atoms with Crippen LogP contribution in [-0.2, 0) is 4.79 Å². The Morgan fingerprint density at radius 1 is 1.41 bits per heavy atom. The Labute approximate surface area is 112 Å². The lowest BCUT2D eigenvalue weighted by atomic mass is 10.1. The molecule has 88 valence electrons. The molecule has 3 nitrogen and oxygen atoms in total. The first-order valence-electron chi connectivity index (χ1n) is 5.05. The molecule has 1 aromatic rings. The van der Waals surface area contributed by atoms with Crippen LogP contribution in [0.1, 0.15) is 16.8 Å². The van der Waals surface area contributed by atoms with Gasteiger partial charge in [-0.25, -0.2) is 0 Å². The van der Waals surface area contributed by atoms with E-state index in [0.717, 1.165) is 0 Å². The highest BCUT2D eigenvalue weighted by atomic mass is 79.9. The van der Waals surface area contributed by atoms with E-state index in [1.165, 1.54) is 17.2 Å². The van der Waals surface area contributed by atoms with Crippen molar-refractivity contribution in [3.8, 4) is 0 Å². The predicted molar refractivity (Wildman–Crippen MR) is 69.0 cm³/mol. The summed E-state index contributed by atoms with van der Waals surface area (Å²) in [6, 6.07) is 5.19. The number of ketones is 1. The topological polar surface area (TPSA) is 37.4 Å². The van der Waals surface area contributed by atoms with Crippen LogP contribution in [0.15, 0.2) is 34.9 Å². The summed E-state index contributed by atoms with van der Waals surface area (Å²) in [5.41, 5.74) is 0.424. The first kappa shape index (κ1) is 12.3. The van der Waals surface area contributed by atoms with Crippen LogP contribution in [0.5, 0.6) is 0 Å². The molecule has 0 atom stereocenters. The summed E-state index contributed by atoms with van der Waals surface area (Å²) in [7, 11) is 0. The van der Waals surface area contributed by atoms with E-state index in [9.17, 15) is 9.59 Å². The van der Waals surface area contributed by atoms with Crippen molar-refractivity contribution in [2.45, 2.75) is 6.42 Å². The number of hydrogen-bond donors (Lipinski definition) is 0. The molecule has 0 saturated heterocycles. The van der Waals surface area contributed by atoms with Gasteiger partial charge in [-0.1, -0.05) is 17.7 Å². The van der Waals surface area contributed by atoms with Gasteiger partial charge in [0.25, 0.3) is 5.91 Å². The Morgan fingerprint density at radius 3 is 2.76 bits per heavy atom. The Hall–Kier alpha value is -1.13. The molecule has 0 aromatic heterocycles. The van der Waals surface area contributed by atoms with Crippen molar-refractivity contribution in [1.29, 1.82) is 0 Å². The van der Waals surface area contributed by atoms with Crippen LogP contribution in [0.2, 0.25) is 5.02 Å². The van der Waals surface area contributed by atoms with Crippen LogP contribution < -0.4 is 0 Å². The van der Waals surface area contributed by atoms with Crippen LogP contribution in [0.4, 0.5) is 0 Å². The Balaban J connectivity index is 2.32. The molecule has 1 amide bonds. The summed E-state index contributed by atoms with van der Waals surface area (Å²) in [4.78, 5) is 24.7. The highest BCUT2D eigenvalue weighted by Crippen LogP contribution is 2.26. The number of amides is 1. The van der Waals surface area contributed by atoms with Crippen molar-refractivity contribution in [2.75, 3.05) is 6.54 Å². The maximum Gasteiger partial charge on any atom is 0.260 e. The molecule has 1 aromatic carbocycles. The number of rotatable bonds is 1. The number of halogens is 2. The molecule has 0 N–H and O–H groups in total. The van der Waals surface area contributed by atoms with E-state index in [0.29, 0.717) is 28.0 Å². The fourth-order valence-electron chi connectivity index (χ4n) is 1.58. The standard InChI is InChI=1S/C12H9BrClNO2/c13-9-2-1-3-10(14)11(9)12(17)15-6-4-8(16)5-7-15/h1-4,6H,5,7H2. The fraction of sp³-hybridized carbons (Fsp3) is 0.167. The maximum atomic E-state index is 12.2. The van der Waals surface area contributed by atoms with Crippen LogP contribution in [0.3, 0.4) is 0 Å². The summed E-state index contributed by atoms with van der Waals surface area (Å²) in [6.07, 6.45) is 3.26. The van der Waals surface area contributed by atoms with E-state index in [4.69, 9.17) is 11.6 Å². The number of benzene rings is 1. The molecule has 0 saturated carbocycles. The normalized spacial score (nSPS) is 15.2. The lowest BCUT2D eigenvalue weighted by molar-refractivity contribution is -0.115. The van der Waals surface area contributed by atoms with Crippen molar-refractivity contribution in [3.63, 3.8) is 0 Å². The average Bonchev–Trinajstić information content (AvgIpc) is 2.29. The first-order chi connectivity index (χ1) is 8.09. The summed E-state index contributed by atoms with van der Waals surface area (Å²) in [5, 5.41) is 0.398. The second-order valence-corrected chi connectivity index (χ2v) is 4.89. The van der Waals surface area contributed by atoms with E-state index >= 15 is 0 Å².